The molecule has 0 unspecified atom stereocenters. The Morgan fingerprint density at radius 1 is 1.12 bits per heavy atom. The molecular weight excluding hydrogens is 348 g/mol. The van der Waals surface area contributed by atoms with Crippen molar-refractivity contribution in [3.05, 3.63) is 69.8 Å². The van der Waals surface area contributed by atoms with Crippen LogP contribution in [0.1, 0.15) is 10.4 Å². The molecule has 1 aliphatic heterocycles. The Kier molecular flexibility index (Phi) is 4.61. The molecule has 1 fully saturated rings. The van der Waals surface area contributed by atoms with Gasteiger partial charge in [0.15, 0.2) is 11.6 Å². The fourth-order valence-corrected chi connectivity index (χ4v) is 2.56. The number of hydrogen-bond donors (Lipinski definition) is 1. The number of carbonyl (C=O) groups is 2. The molecule has 1 N–H and O–H groups in total. The molecule has 1 aliphatic rings. The zero-order valence-corrected chi connectivity index (χ0v) is 13.3. The van der Waals surface area contributed by atoms with Gasteiger partial charge in [0.05, 0.1) is 10.8 Å². The van der Waals surface area contributed by atoms with Crippen LogP contribution in [0.4, 0.5) is 20.2 Å². The highest BCUT2D eigenvalue weighted by atomic mass is 19.2. The maximum absolute atomic E-state index is 13.2. The van der Waals surface area contributed by atoms with Crippen molar-refractivity contribution in [2.75, 3.05) is 18.4 Å². The average Bonchev–Trinajstić information content (AvgIpc) is 2.56. The van der Waals surface area contributed by atoms with Gasteiger partial charge in [0, 0.05) is 36.5 Å². The summed E-state index contributed by atoms with van der Waals surface area (Å²) in [6.45, 7) is 0.247. The van der Waals surface area contributed by atoms with Crippen molar-refractivity contribution in [2.24, 2.45) is 5.92 Å². The lowest BCUT2D eigenvalue weighted by atomic mass is 9.97. The van der Waals surface area contributed by atoms with Gasteiger partial charge in [-0.25, -0.2) is 8.78 Å². The van der Waals surface area contributed by atoms with E-state index in [4.69, 9.17) is 0 Å². The molecule has 134 valence electrons. The lowest BCUT2D eigenvalue weighted by molar-refractivity contribution is -0.384. The van der Waals surface area contributed by atoms with Crippen LogP contribution in [-0.4, -0.2) is 34.7 Å². The van der Waals surface area contributed by atoms with Crippen LogP contribution >= 0.6 is 0 Å². The molecule has 26 heavy (non-hydrogen) atoms. The van der Waals surface area contributed by atoms with E-state index in [0.717, 1.165) is 12.1 Å². The molecule has 1 saturated heterocycles. The highest BCUT2D eigenvalue weighted by Gasteiger charge is 2.36. The minimum Gasteiger partial charge on any atom is -0.337 e. The largest absolute Gasteiger partial charge is 0.337 e. The second kappa shape index (κ2) is 6.87. The van der Waals surface area contributed by atoms with E-state index in [9.17, 15) is 28.5 Å². The quantitative estimate of drug-likeness (QED) is 0.669. The van der Waals surface area contributed by atoms with Crippen LogP contribution in [0.3, 0.4) is 0 Å². The fourth-order valence-electron chi connectivity index (χ4n) is 2.56. The van der Waals surface area contributed by atoms with Gasteiger partial charge in [0.2, 0.25) is 5.91 Å². The SMILES string of the molecule is O=C(Nc1cccc([N+](=O)[O-])c1)C1CN(C(=O)c2ccc(F)c(F)c2)C1. The average molecular weight is 361 g/mol. The first-order valence-electron chi connectivity index (χ1n) is 7.65. The molecule has 0 aliphatic carbocycles. The summed E-state index contributed by atoms with van der Waals surface area (Å²) in [6.07, 6.45) is 0. The molecule has 0 aromatic heterocycles. The van der Waals surface area contributed by atoms with Crippen LogP contribution in [0, 0.1) is 27.7 Å². The predicted molar refractivity (Wildman–Crippen MR) is 87.5 cm³/mol. The molecule has 2 aromatic rings. The second-order valence-corrected chi connectivity index (χ2v) is 5.83. The standard InChI is InChI=1S/C17H13F2N3O4/c18-14-5-4-10(6-15(14)19)17(24)21-8-11(9-21)16(23)20-12-2-1-3-13(7-12)22(25)26/h1-7,11H,8-9H2,(H,20,23). The Morgan fingerprint density at radius 2 is 1.85 bits per heavy atom. The van der Waals surface area contributed by atoms with Crippen molar-refractivity contribution >= 4 is 23.2 Å². The molecule has 0 atom stereocenters. The van der Waals surface area contributed by atoms with Gasteiger partial charge >= 0.3 is 0 Å². The van der Waals surface area contributed by atoms with Gasteiger partial charge in [-0.05, 0) is 24.3 Å². The number of hydrogen-bond acceptors (Lipinski definition) is 4. The van der Waals surface area contributed by atoms with Gasteiger partial charge in [0.1, 0.15) is 0 Å². The number of nitrogens with zero attached hydrogens (tertiary/aromatic N) is 2. The first-order valence-corrected chi connectivity index (χ1v) is 7.65. The first-order chi connectivity index (χ1) is 12.3. The van der Waals surface area contributed by atoms with Gasteiger partial charge in [0.25, 0.3) is 11.6 Å². The molecule has 7 nitrogen and oxygen atoms in total. The topological polar surface area (TPSA) is 92.5 Å². The summed E-state index contributed by atoms with van der Waals surface area (Å²) in [5.41, 5.74) is 0.141. The van der Waals surface area contributed by atoms with Crippen molar-refractivity contribution in [3.8, 4) is 0 Å². The van der Waals surface area contributed by atoms with E-state index in [2.05, 4.69) is 5.32 Å². The summed E-state index contributed by atoms with van der Waals surface area (Å²) >= 11 is 0. The van der Waals surface area contributed by atoms with Gasteiger partial charge in [-0.1, -0.05) is 6.07 Å². The monoisotopic (exact) mass is 361 g/mol. The van der Waals surface area contributed by atoms with Crippen molar-refractivity contribution in [2.45, 2.75) is 0 Å². The zero-order chi connectivity index (χ0) is 18.8. The maximum atomic E-state index is 13.2. The van der Waals surface area contributed by atoms with Gasteiger partial charge in [-0.15, -0.1) is 0 Å². The number of rotatable bonds is 4. The number of carbonyl (C=O) groups excluding carboxylic acids is 2. The first kappa shape index (κ1) is 17.5. The number of nitro groups is 1. The summed E-state index contributed by atoms with van der Waals surface area (Å²) in [4.78, 5) is 35.8. The third kappa shape index (κ3) is 3.51. The molecule has 9 heteroatoms. The molecule has 1 heterocycles. The van der Waals surface area contributed by atoms with Crippen LogP contribution in [0.5, 0.6) is 0 Å². The second-order valence-electron chi connectivity index (χ2n) is 5.83. The van der Waals surface area contributed by atoms with Crippen molar-refractivity contribution in [1.82, 2.24) is 4.90 Å². The normalized spacial score (nSPS) is 13.8. The molecule has 2 amide bonds. The molecule has 0 saturated carbocycles. The number of likely N-dealkylation sites (tertiary alicyclic amines) is 1. The molecule has 0 bridgehead atoms. The lowest BCUT2D eigenvalue weighted by Crippen LogP contribution is -2.54. The van der Waals surface area contributed by atoms with Crippen molar-refractivity contribution in [3.63, 3.8) is 0 Å². The molecule has 0 spiro atoms. The van der Waals surface area contributed by atoms with E-state index in [1.807, 2.05) is 0 Å². The molecule has 0 radical (unpaired) electrons. The third-order valence-corrected chi connectivity index (χ3v) is 4.03. The Morgan fingerprint density at radius 3 is 2.50 bits per heavy atom. The highest BCUT2D eigenvalue weighted by molar-refractivity contribution is 5.98. The van der Waals surface area contributed by atoms with Crippen molar-refractivity contribution in [1.29, 1.82) is 0 Å². The number of benzene rings is 2. The Labute approximate surface area is 146 Å². The summed E-state index contributed by atoms with van der Waals surface area (Å²) in [5, 5.41) is 13.3. The number of anilines is 1. The molecule has 3 rings (SSSR count). The van der Waals surface area contributed by atoms with Gasteiger partial charge < -0.3 is 10.2 Å². The molecular formula is C17H13F2N3O4. The minimum atomic E-state index is -1.11. The maximum Gasteiger partial charge on any atom is 0.271 e. The Bertz CT molecular complexity index is 897. The zero-order valence-electron chi connectivity index (χ0n) is 13.3. The van der Waals surface area contributed by atoms with E-state index in [-0.39, 0.29) is 35.9 Å². The van der Waals surface area contributed by atoms with E-state index in [1.54, 1.807) is 0 Å². The predicted octanol–water partition coefficient (Wildman–Crippen LogP) is 2.58. The Hall–Kier alpha value is -3.36. The number of nitro benzene ring substituents is 1. The van der Waals surface area contributed by atoms with Gasteiger partial charge in [-0.3, -0.25) is 19.7 Å². The summed E-state index contributed by atoms with van der Waals surface area (Å²) in [6, 6.07) is 8.38. The van der Waals surface area contributed by atoms with E-state index < -0.39 is 28.4 Å². The van der Waals surface area contributed by atoms with Crippen molar-refractivity contribution < 1.29 is 23.3 Å². The lowest BCUT2D eigenvalue weighted by Gasteiger charge is -2.38. The van der Waals surface area contributed by atoms with Crippen LogP contribution in [0.25, 0.3) is 0 Å². The number of nitrogens with one attached hydrogen (secondary N) is 1. The van der Waals surface area contributed by atoms with Crippen LogP contribution in [0.15, 0.2) is 42.5 Å². The number of amides is 2. The van der Waals surface area contributed by atoms with Crippen LogP contribution in [-0.2, 0) is 4.79 Å². The Balaban J connectivity index is 1.58. The number of halogens is 2. The summed E-state index contributed by atoms with van der Waals surface area (Å²) < 4.78 is 26.1. The van der Waals surface area contributed by atoms with E-state index >= 15 is 0 Å². The van der Waals surface area contributed by atoms with Crippen LogP contribution < -0.4 is 5.32 Å². The molecule has 2 aromatic carbocycles. The van der Waals surface area contributed by atoms with Gasteiger partial charge in [-0.2, -0.15) is 0 Å². The minimum absolute atomic E-state index is 0.00134. The summed E-state index contributed by atoms with van der Waals surface area (Å²) in [5.74, 6) is -3.51. The third-order valence-electron chi connectivity index (χ3n) is 4.03. The highest BCUT2D eigenvalue weighted by Crippen LogP contribution is 2.23. The smallest absolute Gasteiger partial charge is 0.271 e. The summed E-state index contributed by atoms with van der Waals surface area (Å²) in [7, 11) is 0. The van der Waals surface area contributed by atoms with Crippen LogP contribution in [0.2, 0.25) is 0 Å². The number of non-ortho nitro benzene ring substituents is 1. The fraction of sp³-hybridized carbons (Fsp3) is 0.176. The van der Waals surface area contributed by atoms with E-state index in [0.29, 0.717) is 0 Å². The van der Waals surface area contributed by atoms with E-state index in [1.165, 1.54) is 35.2 Å².